The Balaban J connectivity index is 1.47. The van der Waals surface area contributed by atoms with Crippen LogP contribution in [-0.4, -0.2) is 0 Å². The van der Waals surface area contributed by atoms with Gasteiger partial charge >= 0.3 is 0 Å². The van der Waals surface area contributed by atoms with Crippen LogP contribution in [0.5, 0.6) is 0 Å². The van der Waals surface area contributed by atoms with Crippen molar-refractivity contribution in [2.45, 2.75) is 6.42 Å². The Bertz CT molecular complexity index is 2350. The Labute approximate surface area is 294 Å². The Morgan fingerprint density at radius 3 is 1.24 bits per heavy atom. The Morgan fingerprint density at radius 2 is 0.720 bits per heavy atom. The molecule has 1 aliphatic rings. The molecule has 0 unspecified atom stereocenters. The predicted octanol–water partition coefficient (Wildman–Crippen LogP) is 13.4. The number of para-hydroxylation sites is 2. The number of fused-ring (bicyclic) bond motifs is 3. The van der Waals surface area contributed by atoms with Gasteiger partial charge in [0, 0.05) is 23.1 Å². The summed E-state index contributed by atoms with van der Waals surface area (Å²) in [5.41, 5.74) is 18.4. The normalized spacial score (nSPS) is 11.5. The highest BCUT2D eigenvalue weighted by atomic mass is 15.2. The topological polar surface area (TPSA) is 3.24 Å². The van der Waals surface area contributed by atoms with Crippen molar-refractivity contribution in [2.75, 3.05) is 4.90 Å². The minimum absolute atomic E-state index is 0.854. The lowest BCUT2D eigenvalue weighted by molar-refractivity contribution is 1.20. The molecule has 0 N–H and O–H groups in total. The van der Waals surface area contributed by atoms with E-state index in [1.165, 1.54) is 72.4 Å². The second kappa shape index (κ2) is 12.9. The standard InChI is InChI=1S/C49H35N/c1-5-19-35(20-6-1)41-29-15-17-31-46(41)50(47-32-18-16-30-42(47)36-21-7-2-8-22-36)49-45-33-39-27-13-14-28-40(39)44(45)34-43(37-23-9-3-10-24-37)48(49)38-25-11-4-12-26-38/h1-32,34H,33H2. The molecule has 0 aliphatic heterocycles. The van der Waals surface area contributed by atoms with Crippen molar-refractivity contribution < 1.29 is 0 Å². The zero-order valence-electron chi connectivity index (χ0n) is 27.7. The van der Waals surface area contributed by atoms with Gasteiger partial charge < -0.3 is 4.90 Å². The lowest BCUT2D eigenvalue weighted by Crippen LogP contribution is -2.16. The van der Waals surface area contributed by atoms with Gasteiger partial charge in [-0.2, -0.15) is 0 Å². The van der Waals surface area contributed by atoms with E-state index in [4.69, 9.17) is 0 Å². The maximum absolute atomic E-state index is 2.57. The molecule has 0 saturated heterocycles. The van der Waals surface area contributed by atoms with Crippen LogP contribution < -0.4 is 4.90 Å². The number of benzene rings is 8. The molecule has 0 saturated carbocycles. The third-order valence-electron chi connectivity index (χ3n) is 9.91. The van der Waals surface area contributed by atoms with Crippen LogP contribution >= 0.6 is 0 Å². The van der Waals surface area contributed by atoms with Gasteiger partial charge in [0.25, 0.3) is 0 Å². The van der Waals surface area contributed by atoms with E-state index in [0.717, 1.165) is 17.8 Å². The lowest BCUT2D eigenvalue weighted by Gasteiger charge is -2.34. The third-order valence-corrected chi connectivity index (χ3v) is 9.91. The highest BCUT2D eigenvalue weighted by molar-refractivity contribution is 6.06. The maximum atomic E-state index is 2.57. The van der Waals surface area contributed by atoms with Gasteiger partial charge in [0.1, 0.15) is 0 Å². The predicted molar refractivity (Wildman–Crippen MR) is 211 cm³/mol. The molecule has 0 spiro atoms. The first-order valence-corrected chi connectivity index (χ1v) is 17.3. The van der Waals surface area contributed by atoms with Crippen molar-refractivity contribution in [1.29, 1.82) is 0 Å². The van der Waals surface area contributed by atoms with Crippen LogP contribution in [0.15, 0.2) is 200 Å². The van der Waals surface area contributed by atoms with Gasteiger partial charge in [-0.05, 0) is 68.3 Å². The van der Waals surface area contributed by atoms with Crippen molar-refractivity contribution in [3.63, 3.8) is 0 Å². The van der Waals surface area contributed by atoms with Gasteiger partial charge in [0.2, 0.25) is 0 Å². The molecule has 0 heterocycles. The first-order chi connectivity index (χ1) is 24.8. The van der Waals surface area contributed by atoms with Gasteiger partial charge in [0.15, 0.2) is 0 Å². The molecular weight excluding hydrogens is 603 g/mol. The van der Waals surface area contributed by atoms with Gasteiger partial charge in [-0.25, -0.2) is 0 Å². The number of rotatable bonds is 7. The second-order valence-electron chi connectivity index (χ2n) is 12.8. The molecule has 0 aromatic heterocycles. The van der Waals surface area contributed by atoms with Gasteiger partial charge in [-0.15, -0.1) is 0 Å². The molecule has 50 heavy (non-hydrogen) atoms. The van der Waals surface area contributed by atoms with E-state index < -0.39 is 0 Å². The zero-order valence-corrected chi connectivity index (χ0v) is 27.7. The van der Waals surface area contributed by atoms with Gasteiger partial charge in [-0.1, -0.05) is 182 Å². The Morgan fingerprint density at radius 1 is 0.320 bits per heavy atom. The first-order valence-electron chi connectivity index (χ1n) is 17.3. The maximum Gasteiger partial charge on any atom is 0.0588 e. The molecule has 1 nitrogen and oxygen atoms in total. The van der Waals surface area contributed by atoms with Crippen LogP contribution in [0.3, 0.4) is 0 Å². The molecule has 0 bridgehead atoms. The van der Waals surface area contributed by atoms with Gasteiger partial charge in [0.05, 0.1) is 17.1 Å². The van der Waals surface area contributed by atoms with Crippen LogP contribution in [0, 0.1) is 0 Å². The van der Waals surface area contributed by atoms with E-state index in [-0.39, 0.29) is 0 Å². The fourth-order valence-electron chi connectivity index (χ4n) is 7.68. The number of hydrogen-bond acceptors (Lipinski definition) is 1. The van der Waals surface area contributed by atoms with E-state index in [1.54, 1.807) is 0 Å². The fourth-order valence-corrected chi connectivity index (χ4v) is 7.68. The van der Waals surface area contributed by atoms with Crippen LogP contribution in [0.1, 0.15) is 11.1 Å². The summed E-state index contributed by atoms with van der Waals surface area (Å²) in [7, 11) is 0. The minimum Gasteiger partial charge on any atom is -0.308 e. The fraction of sp³-hybridized carbons (Fsp3) is 0.0204. The third kappa shape index (κ3) is 5.21. The molecule has 0 radical (unpaired) electrons. The zero-order chi connectivity index (χ0) is 33.3. The number of nitrogens with zero attached hydrogens (tertiary/aromatic N) is 1. The summed E-state index contributed by atoms with van der Waals surface area (Å²) >= 11 is 0. The van der Waals surface area contributed by atoms with E-state index in [2.05, 4.69) is 205 Å². The molecular formula is C49H35N. The van der Waals surface area contributed by atoms with E-state index in [9.17, 15) is 0 Å². The molecule has 1 aliphatic carbocycles. The Kier molecular flexibility index (Phi) is 7.64. The molecule has 0 fully saturated rings. The highest BCUT2D eigenvalue weighted by Crippen LogP contribution is 2.55. The summed E-state index contributed by atoms with van der Waals surface area (Å²) in [4.78, 5) is 2.57. The SMILES string of the molecule is c1ccc(-c2ccccc2N(c2ccccc2-c2ccccc2)c2c3c(cc(-c4ccccc4)c2-c2ccccc2)-c2ccccc2C3)cc1. The highest BCUT2D eigenvalue weighted by Gasteiger charge is 2.32. The smallest absolute Gasteiger partial charge is 0.0588 e. The van der Waals surface area contributed by atoms with Crippen molar-refractivity contribution in [3.8, 4) is 55.6 Å². The molecule has 0 atom stereocenters. The van der Waals surface area contributed by atoms with Crippen LogP contribution in [0.4, 0.5) is 17.1 Å². The molecule has 1 heteroatoms. The summed E-state index contributed by atoms with van der Waals surface area (Å²) in [6.45, 7) is 0. The average Bonchev–Trinajstić information content (AvgIpc) is 3.58. The molecule has 8 aromatic rings. The van der Waals surface area contributed by atoms with E-state index >= 15 is 0 Å². The second-order valence-corrected chi connectivity index (χ2v) is 12.8. The van der Waals surface area contributed by atoms with E-state index in [1.807, 2.05) is 0 Å². The average molecular weight is 638 g/mol. The van der Waals surface area contributed by atoms with Crippen LogP contribution in [0.25, 0.3) is 55.6 Å². The summed E-state index contributed by atoms with van der Waals surface area (Å²) in [5.74, 6) is 0. The lowest BCUT2D eigenvalue weighted by atomic mass is 9.86. The summed E-state index contributed by atoms with van der Waals surface area (Å²) in [5, 5.41) is 0. The number of anilines is 3. The largest absolute Gasteiger partial charge is 0.308 e. The van der Waals surface area contributed by atoms with Gasteiger partial charge in [-0.3, -0.25) is 0 Å². The quantitative estimate of drug-likeness (QED) is 0.168. The van der Waals surface area contributed by atoms with Crippen molar-refractivity contribution >= 4 is 17.1 Å². The molecule has 9 rings (SSSR count). The number of hydrogen-bond donors (Lipinski definition) is 0. The first kappa shape index (κ1) is 29.7. The summed E-state index contributed by atoms with van der Waals surface area (Å²) < 4.78 is 0. The van der Waals surface area contributed by atoms with Crippen LogP contribution in [-0.2, 0) is 6.42 Å². The van der Waals surface area contributed by atoms with E-state index in [0.29, 0.717) is 0 Å². The van der Waals surface area contributed by atoms with Crippen molar-refractivity contribution in [2.24, 2.45) is 0 Å². The molecule has 0 amide bonds. The minimum atomic E-state index is 0.854. The summed E-state index contributed by atoms with van der Waals surface area (Å²) in [6, 6.07) is 72.7. The van der Waals surface area contributed by atoms with Crippen molar-refractivity contribution in [1.82, 2.24) is 0 Å². The monoisotopic (exact) mass is 637 g/mol. The summed E-state index contributed by atoms with van der Waals surface area (Å²) in [6.07, 6.45) is 0.854. The molecule has 236 valence electrons. The van der Waals surface area contributed by atoms with Crippen LogP contribution in [0.2, 0.25) is 0 Å². The van der Waals surface area contributed by atoms with Crippen molar-refractivity contribution in [3.05, 3.63) is 211 Å². The molecule has 8 aromatic carbocycles. The Hall–Kier alpha value is -6.44.